The molecular weight excluding hydrogens is 254 g/mol. The van der Waals surface area contributed by atoms with Crippen molar-refractivity contribution in [2.24, 2.45) is 0 Å². The Morgan fingerprint density at radius 2 is 2.30 bits per heavy atom. The maximum Gasteiger partial charge on any atom is 0.231 e. The van der Waals surface area contributed by atoms with Gasteiger partial charge in [0.2, 0.25) is 5.89 Å². The Labute approximate surface area is 118 Å². The number of benzene rings is 1. The fourth-order valence-electron chi connectivity index (χ4n) is 2.59. The Bertz CT molecular complexity index is 562. The topological polar surface area (TPSA) is 60.2 Å². The molecule has 1 aromatic carbocycles. The molecule has 0 bridgehead atoms. The fourth-order valence-corrected chi connectivity index (χ4v) is 2.59. The zero-order chi connectivity index (χ0) is 13.8. The Morgan fingerprint density at radius 1 is 1.40 bits per heavy atom. The van der Waals surface area contributed by atoms with Crippen LogP contribution in [0.15, 0.2) is 28.8 Å². The molecule has 106 valence electrons. The van der Waals surface area contributed by atoms with E-state index in [0.717, 1.165) is 36.6 Å². The van der Waals surface area contributed by atoms with Crippen LogP contribution in [0.4, 0.5) is 0 Å². The summed E-state index contributed by atoms with van der Waals surface area (Å²) in [5, 5.41) is 7.49. The van der Waals surface area contributed by atoms with E-state index in [4.69, 9.17) is 9.26 Å². The third-order valence-electron chi connectivity index (χ3n) is 3.68. The van der Waals surface area contributed by atoms with Gasteiger partial charge in [0.05, 0.1) is 13.5 Å². The van der Waals surface area contributed by atoms with E-state index in [2.05, 4.69) is 15.5 Å². The van der Waals surface area contributed by atoms with E-state index in [1.165, 1.54) is 6.42 Å². The normalized spacial score (nSPS) is 18.9. The number of hydrogen-bond acceptors (Lipinski definition) is 5. The first-order valence-electron chi connectivity index (χ1n) is 7.02. The number of hydrogen-bond donors (Lipinski definition) is 1. The minimum absolute atomic E-state index is 0.374. The van der Waals surface area contributed by atoms with E-state index in [0.29, 0.717) is 18.2 Å². The molecule has 3 rings (SSSR count). The molecule has 5 nitrogen and oxygen atoms in total. The van der Waals surface area contributed by atoms with Crippen LogP contribution >= 0.6 is 0 Å². The second kappa shape index (κ2) is 6.05. The smallest absolute Gasteiger partial charge is 0.231 e. The lowest BCUT2D eigenvalue weighted by Gasteiger charge is -2.19. The molecule has 1 unspecified atom stereocenters. The van der Waals surface area contributed by atoms with E-state index in [9.17, 15) is 0 Å². The molecule has 0 saturated carbocycles. The van der Waals surface area contributed by atoms with E-state index in [-0.39, 0.29) is 0 Å². The zero-order valence-electron chi connectivity index (χ0n) is 11.6. The quantitative estimate of drug-likeness (QED) is 0.924. The molecule has 2 heterocycles. The van der Waals surface area contributed by atoms with Crippen LogP contribution in [0.1, 0.15) is 36.0 Å². The highest BCUT2D eigenvalue weighted by Crippen LogP contribution is 2.23. The van der Waals surface area contributed by atoms with Crippen LogP contribution in [-0.4, -0.2) is 30.3 Å². The summed E-state index contributed by atoms with van der Waals surface area (Å²) in [6.45, 7) is 2.02. The highest BCUT2D eigenvalue weighted by atomic mass is 16.5. The molecule has 0 amide bonds. The van der Waals surface area contributed by atoms with Gasteiger partial charge < -0.3 is 14.6 Å². The molecule has 0 spiro atoms. The van der Waals surface area contributed by atoms with Crippen LogP contribution in [-0.2, 0) is 6.42 Å². The SMILES string of the molecule is COc1ccccc1Cc1nc(C2CCCNC2)no1. The van der Waals surface area contributed by atoms with Crippen LogP contribution in [0.3, 0.4) is 0 Å². The largest absolute Gasteiger partial charge is 0.496 e. The van der Waals surface area contributed by atoms with Crippen molar-refractivity contribution in [3.8, 4) is 5.75 Å². The molecule has 1 aliphatic rings. The van der Waals surface area contributed by atoms with Crippen molar-refractivity contribution < 1.29 is 9.26 Å². The number of methoxy groups -OCH3 is 1. The van der Waals surface area contributed by atoms with E-state index in [1.54, 1.807) is 7.11 Å². The Hall–Kier alpha value is -1.88. The summed E-state index contributed by atoms with van der Waals surface area (Å²) in [6.07, 6.45) is 2.90. The van der Waals surface area contributed by atoms with Crippen LogP contribution in [0.25, 0.3) is 0 Å². The minimum atomic E-state index is 0.374. The summed E-state index contributed by atoms with van der Waals surface area (Å²) < 4.78 is 10.7. The van der Waals surface area contributed by atoms with Gasteiger partial charge in [0.25, 0.3) is 0 Å². The maximum absolute atomic E-state index is 5.38. The van der Waals surface area contributed by atoms with Crippen molar-refractivity contribution >= 4 is 0 Å². The van der Waals surface area contributed by atoms with E-state index in [1.807, 2.05) is 24.3 Å². The van der Waals surface area contributed by atoms with Gasteiger partial charge in [-0.3, -0.25) is 0 Å². The zero-order valence-corrected chi connectivity index (χ0v) is 11.6. The highest BCUT2D eigenvalue weighted by Gasteiger charge is 2.21. The number of aromatic nitrogens is 2. The number of ether oxygens (including phenoxy) is 1. The molecule has 1 N–H and O–H groups in total. The van der Waals surface area contributed by atoms with Crippen LogP contribution < -0.4 is 10.1 Å². The molecule has 0 radical (unpaired) electrons. The summed E-state index contributed by atoms with van der Waals surface area (Å²) in [7, 11) is 1.67. The third kappa shape index (κ3) is 2.82. The summed E-state index contributed by atoms with van der Waals surface area (Å²) >= 11 is 0. The molecule has 1 aromatic heterocycles. The van der Waals surface area contributed by atoms with Crippen molar-refractivity contribution in [2.75, 3.05) is 20.2 Å². The van der Waals surface area contributed by atoms with Crippen molar-refractivity contribution in [3.63, 3.8) is 0 Å². The van der Waals surface area contributed by atoms with Gasteiger partial charge in [0.15, 0.2) is 5.82 Å². The molecule has 2 aromatic rings. The van der Waals surface area contributed by atoms with E-state index >= 15 is 0 Å². The summed E-state index contributed by atoms with van der Waals surface area (Å²) in [5.41, 5.74) is 1.06. The van der Waals surface area contributed by atoms with Gasteiger partial charge in [0.1, 0.15) is 5.75 Å². The lowest BCUT2D eigenvalue weighted by Crippen LogP contribution is -2.28. The molecule has 0 aliphatic carbocycles. The van der Waals surface area contributed by atoms with E-state index < -0.39 is 0 Å². The number of para-hydroxylation sites is 1. The summed E-state index contributed by atoms with van der Waals surface area (Å²) in [5.74, 6) is 2.70. The predicted molar refractivity (Wildman–Crippen MR) is 74.9 cm³/mol. The first-order valence-corrected chi connectivity index (χ1v) is 7.02. The van der Waals surface area contributed by atoms with Crippen LogP contribution in [0, 0.1) is 0 Å². The Balaban J connectivity index is 1.73. The molecule has 20 heavy (non-hydrogen) atoms. The third-order valence-corrected chi connectivity index (χ3v) is 3.68. The molecule has 1 saturated heterocycles. The van der Waals surface area contributed by atoms with Crippen molar-refractivity contribution in [2.45, 2.75) is 25.2 Å². The van der Waals surface area contributed by atoms with Crippen LogP contribution in [0.2, 0.25) is 0 Å². The monoisotopic (exact) mass is 273 g/mol. The summed E-state index contributed by atoms with van der Waals surface area (Å²) in [4.78, 5) is 4.53. The number of piperidine rings is 1. The van der Waals surface area contributed by atoms with Gasteiger partial charge in [-0.1, -0.05) is 23.4 Å². The Kier molecular flexibility index (Phi) is 3.97. The van der Waals surface area contributed by atoms with Gasteiger partial charge in [-0.2, -0.15) is 4.98 Å². The standard InChI is InChI=1S/C15H19N3O2/c1-19-13-7-3-2-5-11(13)9-14-17-15(18-20-14)12-6-4-8-16-10-12/h2-3,5,7,12,16H,4,6,8-10H2,1H3. The molecule has 1 atom stereocenters. The second-order valence-corrected chi connectivity index (χ2v) is 5.08. The first-order chi connectivity index (χ1) is 9.86. The minimum Gasteiger partial charge on any atom is -0.496 e. The lowest BCUT2D eigenvalue weighted by molar-refractivity contribution is 0.363. The molecule has 1 aliphatic heterocycles. The number of nitrogens with zero attached hydrogens (tertiary/aromatic N) is 2. The average Bonchev–Trinajstić information content (AvgIpc) is 2.97. The van der Waals surface area contributed by atoms with Crippen molar-refractivity contribution in [3.05, 3.63) is 41.5 Å². The van der Waals surface area contributed by atoms with Crippen molar-refractivity contribution in [1.82, 2.24) is 15.5 Å². The lowest BCUT2D eigenvalue weighted by atomic mass is 9.99. The van der Waals surface area contributed by atoms with Gasteiger partial charge in [-0.05, 0) is 25.5 Å². The first kappa shape index (κ1) is 13.1. The molecule has 5 heteroatoms. The maximum atomic E-state index is 5.38. The molecule has 1 fully saturated rings. The fraction of sp³-hybridized carbons (Fsp3) is 0.467. The van der Waals surface area contributed by atoms with Gasteiger partial charge in [-0.25, -0.2) is 0 Å². The molecular formula is C15H19N3O2. The summed E-state index contributed by atoms with van der Waals surface area (Å²) in [6, 6.07) is 7.90. The van der Waals surface area contributed by atoms with Gasteiger partial charge >= 0.3 is 0 Å². The average molecular weight is 273 g/mol. The van der Waals surface area contributed by atoms with Crippen LogP contribution in [0.5, 0.6) is 5.75 Å². The number of nitrogens with one attached hydrogen (secondary N) is 1. The predicted octanol–water partition coefficient (Wildman–Crippen LogP) is 2.14. The number of rotatable bonds is 4. The highest BCUT2D eigenvalue weighted by molar-refractivity contribution is 5.34. The second-order valence-electron chi connectivity index (χ2n) is 5.08. The van der Waals surface area contributed by atoms with Crippen molar-refractivity contribution in [1.29, 1.82) is 0 Å². The van der Waals surface area contributed by atoms with Gasteiger partial charge in [-0.15, -0.1) is 0 Å². The Morgan fingerprint density at radius 3 is 3.10 bits per heavy atom. The van der Waals surface area contributed by atoms with Gasteiger partial charge in [0, 0.05) is 18.0 Å².